The first kappa shape index (κ1) is 12.3. The first-order valence-electron chi connectivity index (χ1n) is 6.27. The molecule has 2 rings (SSSR count). The first-order chi connectivity index (χ1) is 7.96. The third-order valence-electron chi connectivity index (χ3n) is 2.83. The van der Waals surface area contributed by atoms with Crippen molar-refractivity contribution in [2.75, 3.05) is 18.4 Å². The second kappa shape index (κ2) is 4.61. The molecule has 1 aromatic rings. The molecule has 4 nitrogen and oxygen atoms in total. The molecular weight excluding hydrogens is 212 g/mol. The summed E-state index contributed by atoms with van der Waals surface area (Å²) in [6, 6.07) is 0. The molecule has 1 aromatic heterocycles. The van der Waals surface area contributed by atoms with Gasteiger partial charge >= 0.3 is 0 Å². The number of hydrogen-bond acceptors (Lipinski definition) is 4. The SMILES string of the molecule is Cc1nc2c(c(NCC(C)(C)C)n1)CNCC2. The van der Waals surface area contributed by atoms with E-state index in [4.69, 9.17) is 0 Å². The summed E-state index contributed by atoms with van der Waals surface area (Å²) in [5.74, 6) is 1.87. The third-order valence-corrected chi connectivity index (χ3v) is 2.83. The molecule has 1 aliphatic heterocycles. The Bertz CT molecular complexity index is 407. The van der Waals surface area contributed by atoms with Gasteiger partial charge in [0.2, 0.25) is 0 Å². The number of hydrogen-bond donors (Lipinski definition) is 2. The smallest absolute Gasteiger partial charge is 0.134 e. The standard InChI is InChI=1S/C13H22N4/c1-9-16-11-5-6-14-7-10(11)12(17-9)15-8-13(2,3)4/h14H,5-8H2,1-4H3,(H,15,16,17). The Morgan fingerprint density at radius 1 is 1.29 bits per heavy atom. The Morgan fingerprint density at radius 2 is 2.06 bits per heavy atom. The zero-order valence-corrected chi connectivity index (χ0v) is 11.2. The maximum absolute atomic E-state index is 4.53. The van der Waals surface area contributed by atoms with E-state index < -0.39 is 0 Å². The molecule has 0 fully saturated rings. The Morgan fingerprint density at radius 3 is 2.76 bits per heavy atom. The van der Waals surface area contributed by atoms with Crippen LogP contribution in [0.3, 0.4) is 0 Å². The Kier molecular flexibility index (Phi) is 3.33. The van der Waals surface area contributed by atoms with Crippen molar-refractivity contribution in [2.24, 2.45) is 5.41 Å². The van der Waals surface area contributed by atoms with Crippen LogP contribution in [0, 0.1) is 12.3 Å². The van der Waals surface area contributed by atoms with Crippen LogP contribution in [0.15, 0.2) is 0 Å². The molecule has 4 heteroatoms. The topological polar surface area (TPSA) is 49.8 Å². The van der Waals surface area contributed by atoms with Crippen LogP contribution in [0.4, 0.5) is 5.82 Å². The molecule has 0 amide bonds. The summed E-state index contributed by atoms with van der Waals surface area (Å²) in [5, 5.41) is 6.84. The lowest BCUT2D eigenvalue weighted by Crippen LogP contribution is -2.28. The highest BCUT2D eigenvalue weighted by molar-refractivity contribution is 5.47. The fourth-order valence-electron chi connectivity index (χ4n) is 1.96. The quantitative estimate of drug-likeness (QED) is 0.820. The highest BCUT2D eigenvalue weighted by Gasteiger charge is 2.18. The van der Waals surface area contributed by atoms with Crippen LogP contribution < -0.4 is 10.6 Å². The largest absolute Gasteiger partial charge is 0.369 e. The molecule has 0 atom stereocenters. The fourth-order valence-corrected chi connectivity index (χ4v) is 1.96. The molecule has 0 saturated carbocycles. The predicted octanol–water partition coefficient (Wildman–Crippen LogP) is 1.89. The van der Waals surface area contributed by atoms with Gasteiger partial charge in [0.1, 0.15) is 11.6 Å². The van der Waals surface area contributed by atoms with Gasteiger partial charge in [0.15, 0.2) is 0 Å². The van der Waals surface area contributed by atoms with Gasteiger partial charge in [-0.2, -0.15) is 0 Å². The van der Waals surface area contributed by atoms with Gasteiger partial charge in [0, 0.05) is 31.6 Å². The minimum absolute atomic E-state index is 0.258. The molecule has 94 valence electrons. The van der Waals surface area contributed by atoms with E-state index in [0.717, 1.165) is 37.7 Å². The molecule has 17 heavy (non-hydrogen) atoms. The predicted molar refractivity (Wildman–Crippen MR) is 70.1 cm³/mol. The van der Waals surface area contributed by atoms with Gasteiger partial charge in [-0.05, 0) is 12.3 Å². The second-order valence-corrected chi connectivity index (χ2v) is 5.89. The van der Waals surface area contributed by atoms with E-state index in [-0.39, 0.29) is 5.41 Å². The molecular formula is C13H22N4. The van der Waals surface area contributed by atoms with Crippen LogP contribution in [0.5, 0.6) is 0 Å². The number of nitrogens with one attached hydrogen (secondary N) is 2. The lowest BCUT2D eigenvalue weighted by atomic mass is 9.97. The van der Waals surface area contributed by atoms with Crippen molar-refractivity contribution in [2.45, 2.75) is 40.7 Å². The van der Waals surface area contributed by atoms with Crippen LogP contribution in [-0.2, 0) is 13.0 Å². The highest BCUT2D eigenvalue weighted by atomic mass is 15.1. The van der Waals surface area contributed by atoms with Crippen LogP contribution in [-0.4, -0.2) is 23.1 Å². The van der Waals surface area contributed by atoms with Gasteiger partial charge in [0.05, 0.1) is 5.69 Å². The first-order valence-corrected chi connectivity index (χ1v) is 6.27. The summed E-state index contributed by atoms with van der Waals surface area (Å²) in [6.45, 7) is 11.4. The van der Waals surface area contributed by atoms with Crippen LogP contribution in [0.2, 0.25) is 0 Å². The lowest BCUT2D eigenvalue weighted by Gasteiger charge is -2.23. The molecule has 2 N–H and O–H groups in total. The molecule has 0 aliphatic carbocycles. The maximum atomic E-state index is 4.53. The maximum Gasteiger partial charge on any atom is 0.134 e. The monoisotopic (exact) mass is 234 g/mol. The van der Waals surface area contributed by atoms with E-state index >= 15 is 0 Å². The number of nitrogens with zero attached hydrogens (tertiary/aromatic N) is 2. The second-order valence-electron chi connectivity index (χ2n) is 5.89. The van der Waals surface area contributed by atoms with E-state index in [2.05, 4.69) is 41.4 Å². The summed E-state index contributed by atoms with van der Waals surface area (Å²) in [6.07, 6.45) is 1.00. The zero-order valence-electron chi connectivity index (χ0n) is 11.2. The summed E-state index contributed by atoms with van der Waals surface area (Å²) in [7, 11) is 0. The number of rotatable bonds is 2. The summed E-state index contributed by atoms with van der Waals surface area (Å²) in [5.41, 5.74) is 2.70. The molecule has 0 bridgehead atoms. The molecule has 0 radical (unpaired) electrons. The van der Waals surface area contributed by atoms with Crippen molar-refractivity contribution in [3.05, 3.63) is 17.1 Å². The van der Waals surface area contributed by atoms with Gasteiger partial charge in [0.25, 0.3) is 0 Å². The number of anilines is 1. The van der Waals surface area contributed by atoms with E-state index in [9.17, 15) is 0 Å². The van der Waals surface area contributed by atoms with Crippen molar-refractivity contribution in [3.8, 4) is 0 Å². The molecule has 0 spiro atoms. The molecule has 0 aromatic carbocycles. The van der Waals surface area contributed by atoms with E-state index in [1.165, 1.54) is 11.3 Å². The molecule has 1 aliphatic rings. The van der Waals surface area contributed by atoms with Crippen molar-refractivity contribution in [1.82, 2.24) is 15.3 Å². The fraction of sp³-hybridized carbons (Fsp3) is 0.692. The van der Waals surface area contributed by atoms with Gasteiger partial charge in [-0.15, -0.1) is 0 Å². The molecule has 2 heterocycles. The van der Waals surface area contributed by atoms with Crippen molar-refractivity contribution in [1.29, 1.82) is 0 Å². The van der Waals surface area contributed by atoms with Crippen LogP contribution in [0.25, 0.3) is 0 Å². The number of fused-ring (bicyclic) bond motifs is 1. The lowest BCUT2D eigenvalue weighted by molar-refractivity contribution is 0.442. The molecule has 0 unspecified atom stereocenters. The van der Waals surface area contributed by atoms with Crippen molar-refractivity contribution >= 4 is 5.82 Å². The average molecular weight is 234 g/mol. The van der Waals surface area contributed by atoms with Crippen molar-refractivity contribution in [3.63, 3.8) is 0 Å². The average Bonchev–Trinajstić information content (AvgIpc) is 2.24. The number of aromatic nitrogens is 2. The summed E-state index contributed by atoms with van der Waals surface area (Å²) in [4.78, 5) is 9.05. The van der Waals surface area contributed by atoms with Gasteiger partial charge in [-0.25, -0.2) is 9.97 Å². The zero-order chi connectivity index (χ0) is 12.5. The van der Waals surface area contributed by atoms with Crippen LogP contribution in [0.1, 0.15) is 37.9 Å². The van der Waals surface area contributed by atoms with E-state index in [1.807, 2.05) is 6.92 Å². The van der Waals surface area contributed by atoms with E-state index in [1.54, 1.807) is 0 Å². The van der Waals surface area contributed by atoms with Crippen molar-refractivity contribution < 1.29 is 0 Å². The Labute approximate surface area is 103 Å². The minimum Gasteiger partial charge on any atom is -0.369 e. The molecule has 0 saturated heterocycles. The summed E-state index contributed by atoms with van der Waals surface area (Å²) >= 11 is 0. The van der Waals surface area contributed by atoms with Gasteiger partial charge in [-0.3, -0.25) is 0 Å². The highest BCUT2D eigenvalue weighted by Crippen LogP contribution is 2.21. The normalized spacial score (nSPS) is 15.5. The van der Waals surface area contributed by atoms with E-state index in [0.29, 0.717) is 0 Å². The minimum atomic E-state index is 0.258. The summed E-state index contributed by atoms with van der Waals surface area (Å²) < 4.78 is 0. The Balaban J connectivity index is 2.23. The Hall–Kier alpha value is -1.16. The van der Waals surface area contributed by atoms with Crippen LogP contribution >= 0.6 is 0 Å². The third kappa shape index (κ3) is 3.16. The van der Waals surface area contributed by atoms with Gasteiger partial charge < -0.3 is 10.6 Å². The number of aryl methyl sites for hydroxylation is 1. The van der Waals surface area contributed by atoms with Gasteiger partial charge in [-0.1, -0.05) is 20.8 Å².